The Kier molecular flexibility index (Phi) is 2.72. The zero-order valence-corrected chi connectivity index (χ0v) is 8.79. The molecule has 78 valence electrons. The second-order valence-electron chi connectivity index (χ2n) is 3.98. The molecule has 0 bridgehead atoms. The van der Waals surface area contributed by atoms with E-state index in [1.54, 1.807) is 7.11 Å². The van der Waals surface area contributed by atoms with Crippen LogP contribution < -0.4 is 5.32 Å². The van der Waals surface area contributed by atoms with Crippen LogP contribution in [-0.4, -0.2) is 25.8 Å². The van der Waals surface area contributed by atoms with Crippen LogP contribution in [0.3, 0.4) is 0 Å². The minimum Gasteiger partial charge on any atom is -0.375 e. The molecule has 1 saturated heterocycles. The normalized spacial score (nSPS) is 17.9. The van der Waals surface area contributed by atoms with Crippen molar-refractivity contribution < 1.29 is 4.74 Å². The van der Waals surface area contributed by atoms with Crippen molar-refractivity contribution in [3.63, 3.8) is 0 Å². The average Bonchev–Trinajstić information content (AvgIpc) is 2.24. The van der Waals surface area contributed by atoms with Crippen molar-refractivity contribution in [1.82, 2.24) is 5.32 Å². The van der Waals surface area contributed by atoms with Crippen LogP contribution in [0.2, 0.25) is 0 Å². The molecular formula is C12H14N2O. The number of hydrogen-bond acceptors (Lipinski definition) is 3. The van der Waals surface area contributed by atoms with Crippen LogP contribution in [0.1, 0.15) is 11.1 Å². The molecule has 1 aliphatic rings. The summed E-state index contributed by atoms with van der Waals surface area (Å²) in [5, 5.41) is 11.9. The molecule has 1 fully saturated rings. The zero-order chi connectivity index (χ0) is 10.7. The van der Waals surface area contributed by atoms with Gasteiger partial charge >= 0.3 is 0 Å². The van der Waals surface area contributed by atoms with Crippen molar-refractivity contribution in [3.8, 4) is 6.07 Å². The summed E-state index contributed by atoms with van der Waals surface area (Å²) in [6.07, 6.45) is 0.905. The van der Waals surface area contributed by atoms with Gasteiger partial charge < -0.3 is 10.1 Å². The first-order chi connectivity index (χ1) is 7.28. The summed E-state index contributed by atoms with van der Waals surface area (Å²) in [4.78, 5) is 0. The molecule has 0 amide bonds. The van der Waals surface area contributed by atoms with Crippen molar-refractivity contribution in [1.29, 1.82) is 5.26 Å². The average molecular weight is 202 g/mol. The van der Waals surface area contributed by atoms with Crippen LogP contribution >= 0.6 is 0 Å². The number of ether oxygens (including phenoxy) is 1. The van der Waals surface area contributed by atoms with Gasteiger partial charge in [-0.05, 0) is 17.7 Å². The molecule has 0 atom stereocenters. The van der Waals surface area contributed by atoms with E-state index < -0.39 is 0 Å². The summed E-state index contributed by atoms with van der Waals surface area (Å²) >= 11 is 0. The Morgan fingerprint density at radius 3 is 2.47 bits per heavy atom. The molecule has 1 aromatic rings. The Labute approximate surface area is 89.7 Å². The summed E-state index contributed by atoms with van der Waals surface area (Å²) < 4.78 is 5.51. The van der Waals surface area contributed by atoms with Crippen LogP contribution in [0.15, 0.2) is 24.3 Å². The monoisotopic (exact) mass is 202 g/mol. The van der Waals surface area contributed by atoms with Gasteiger partial charge in [-0.2, -0.15) is 5.26 Å². The Morgan fingerprint density at radius 2 is 2.07 bits per heavy atom. The third-order valence-electron chi connectivity index (χ3n) is 2.94. The molecule has 1 N–H and O–H groups in total. The maximum atomic E-state index is 8.68. The zero-order valence-electron chi connectivity index (χ0n) is 8.79. The molecule has 0 aliphatic carbocycles. The molecule has 15 heavy (non-hydrogen) atoms. The largest absolute Gasteiger partial charge is 0.375 e. The van der Waals surface area contributed by atoms with E-state index in [9.17, 15) is 0 Å². The van der Waals surface area contributed by atoms with E-state index in [2.05, 4.69) is 11.4 Å². The summed E-state index contributed by atoms with van der Waals surface area (Å²) in [7, 11) is 1.75. The van der Waals surface area contributed by atoms with Crippen molar-refractivity contribution in [2.45, 2.75) is 12.0 Å². The Hall–Kier alpha value is -1.37. The SMILES string of the molecule is COC1(Cc2ccc(C#N)cc2)CNC1. The fraction of sp³-hybridized carbons (Fsp3) is 0.417. The first-order valence-corrected chi connectivity index (χ1v) is 5.03. The summed E-state index contributed by atoms with van der Waals surface area (Å²) in [6.45, 7) is 1.81. The lowest BCUT2D eigenvalue weighted by molar-refractivity contribution is -0.0502. The van der Waals surface area contributed by atoms with Crippen molar-refractivity contribution in [3.05, 3.63) is 35.4 Å². The van der Waals surface area contributed by atoms with Crippen molar-refractivity contribution in [2.75, 3.05) is 20.2 Å². The topological polar surface area (TPSA) is 45.0 Å². The lowest BCUT2D eigenvalue weighted by Gasteiger charge is -2.41. The van der Waals surface area contributed by atoms with Crippen LogP contribution in [0.5, 0.6) is 0 Å². The van der Waals surface area contributed by atoms with Crippen molar-refractivity contribution >= 4 is 0 Å². The smallest absolute Gasteiger partial charge is 0.0991 e. The minimum atomic E-state index is -0.0336. The molecule has 2 rings (SSSR count). The molecular weight excluding hydrogens is 188 g/mol. The van der Waals surface area contributed by atoms with Gasteiger partial charge in [0.25, 0.3) is 0 Å². The number of nitriles is 1. The number of hydrogen-bond donors (Lipinski definition) is 1. The molecule has 0 aromatic heterocycles. The molecule has 1 aromatic carbocycles. The van der Waals surface area contributed by atoms with Gasteiger partial charge in [-0.1, -0.05) is 12.1 Å². The molecule has 0 radical (unpaired) electrons. The highest BCUT2D eigenvalue weighted by atomic mass is 16.5. The van der Waals surface area contributed by atoms with E-state index in [0.717, 1.165) is 19.5 Å². The second kappa shape index (κ2) is 4.01. The molecule has 1 heterocycles. The standard InChI is InChI=1S/C12H14N2O/c1-15-12(8-14-9-12)6-10-2-4-11(7-13)5-3-10/h2-5,14H,6,8-9H2,1H3. The first-order valence-electron chi connectivity index (χ1n) is 5.03. The number of benzene rings is 1. The van der Waals surface area contributed by atoms with E-state index in [-0.39, 0.29) is 5.60 Å². The minimum absolute atomic E-state index is 0.0336. The fourth-order valence-electron chi connectivity index (χ4n) is 1.81. The third-order valence-corrected chi connectivity index (χ3v) is 2.94. The van der Waals surface area contributed by atoms with E-state index in [4.69, 9.17) is 10.00 Å². The third kappa shape index (κ3) is 2.01. The molecule has 0 unspecified atom stereocenters. The molecule has 0 saturated carbocycles. The lowest BCUT2D eigenvalue weighted by atomic mass is 9.88. The second-order valence-corrected chi connectivity index (χ2v) is 3.98. The summed E-state index contributed by atoms with van der Waals surface area (Å²) in [6, 6.07) is 9.81. The van der Waals surface area contributed by atoms with E-state index in [0.29, 0.717) is 5.56 Å². The predicted molar refractivity (Wildman–Crippen MR) is 57.5 cm³/mol. The number of nitrogens with zero attached hydrogens (tertiary/aromatic N) is 1. The Morgan fingerprint density at radius 1 is 1.40 bits per heavy atom. The molecule has 3 nitrogen and oxygen atoms in total. The van der Waals surface area contributed by atoms with E-state index in [1.165, 1.54) is 5.56 Å². The van der Waals surface area contributed by atoms with Crippen LogP contribution in [0.4, 0.5) is 0 Å². The van der Waals surface area contributed by atoms with Gasteiger partial charge in [-0.25, -0.2) is 0 Å². The van der Waals surface area contributed by atoms with Gasteiger partial charge in [0.05, 0.1) is 17.2 Å². The van der Waals surface area contributed by atoms with Gasteiger partial charge in [-0.15, -0.1) is 0 Å². The van der Waals surface area contributed by atoms with Crippen LogP contribution in [0.25, 0.3) is 0 Å². The van der Waals surface area contributed by atoms with Gasteiger partial charge in [0, 0.05) is 26.6 Å². The molecule has 1 aliphatic heterocycles. The molecule has 3 heteroatoms. The lowest BCUT2D eigenvalue weighted by Crippen LogP contribution is -2.61. The predicted octanol–water partition coefficient (Wildman–Crippen LogP) is 1.09. The number of rotatable bonds is 3. The van der Waals surface area contributed by atoms with Crippen LogP contribution in [-0.2, 0) is 11.2 Å². The van der Waals surface area contributed by atoms with Gasteiger partial charge in [0.2, 0.25) is 0 Å². The number of methoxy groups -OCH3 is 1. The summed E-state index contributed by atoms with van der Waals surface area (Å²) in [5.41, 5.74) is 1.89. The maximum Gasteiger partial charge on any atom is 0.0991 e. The van der Waals surface area contributed by atoms with Gasteiger partial charge in [0.15, 0.2) is 0 Å². The van der Waals surface area contributed by atoms with Crippen LogP contribution in [0, 0.1) is 11.3 Å². The van der Waals surface area contributed by atoms with E-state index in [1.807, 2.05) is 24.3 Å². The molecule has 0 spiro atoms. The Bertz CT molecular complexity index is 368. The first kappa shape index (κ1) is 10.2. The van der Waals surface area contributed by atoms with Crippen molar-refractivity contribution in [2.24, 2.45) is 0 Å². The highest BCUT2D eigenvalue weighted by molar-refractivity contribution is 5.32. The van der Waals surface area contributed by atoms with E-state index >= 15 is 0 Å². The number of nitrogens with one attached hydrogen (secondary N) is 1. The maximum absolute atomic E-state index is 8.68. The van der Waals surface area contributed by atoms with Gasteiger partial charge in [-0.3, -0.25) is 0 Å². The quantitative estimate of drug-likeness (QED) is 0.798. The summed E-state index contributed by atoms with van der Waals surface area (Å²) in [5.74, 6) is 0. The highest BCUT2D eigenvalue weighted by Gasteiger charge is 2.36. The fourth-order valence-corrected chi connectivity index (χ4v) is 1.81. The Balaban J connectivity index is 2.08. The van der Waals surface area contributed by atoms with Gasteiger partial charge in [0.1, 0.15) is 0 Å². The highest BCUT2D eigenvalue weighted by Crippen LogP contribution is 2.21.